The number of ether oxygens (including phenoxy) is 2. The van der Waals surface area contributed by atoms with Gasteiger partial charge in [-0.1, -0.05) is 11.6 Å². The second-order valence-electron chi connectivity index (χ2n) is 6.05. The van der Waals surface area contributed by atoms with Crippen molar-refractivity contribution in [2.24, 2.45) is 0 Å². The minimum absolute atomic E-state index is 0.0329. The van der Waals surface area contributed by atoms with E-state index in [1.165, 1.54) is 10.4 Å². The van der Waals surface area contributed by atoms with Crippen LogP contribution in [0.3, 0.4) is 0 Å². The summed E-state index contributed by atoms with van der Waals surface area (Å²) in [5.41, 5.74) is 0.778. The zero-order chi connectivity index (χ0) is 17.5. The zero-order valence-corrected chi connectivity index (χ0v) is 15.2. The number of benzene rings is 1. The van der Waals surface area contributed by atoms with Crippen molar-refractivity contribution in [1.29, 1.82) is 0 Å². The molecule has 0 aromatic heterocycles. The summed E-state index contributed by atoms with van der Waals surface area (Å²) in [5, 5.41) is 0.280. The van der Waals surface area contributed by atoms with E-state index in [0.29, 0.717) is 31.6 Å². The number of sulfonamides is 1. The van der Waals surface area contributed by atoms with Gasteiger partial charge in [-0.3, -0.25) is 4.79 Å². The van der Waals surface area contributed by atoms with E-state index in [2.05, 4.69) is 0 Å². The number of halogens is 1. The van der Waals surface area contributed by atoms with Crippen LogP contribution in [0, 0.1) is 0 Å². The molecule has 2 aliphatic heterocycles. The summed E-state index contributed by atoms with van der Waals surface area (Å²) in [4.78, 5) is 12.2. The molecular weight excluding hydrogens is 354 g/mol. The first-order chi connectivity index (χ1) is 11.3. The maximum atomic E-state index is 13.0. The predicted octanol–water partition coefficient (Wildman–Crippen LogP) is 2.38. The fourth-order valence-electron chi connectivity index (χ4n) is 3.25. The van der Waals surface area contributed by atoms with Gasteiger partial charge in [-0.15, -0.1) is 0 Å². The van der Waals surface area contributed by atoms with Crippen LogP contribution in [0.2, 0.25) is 5.02 Å². The predicted molar refractivity (Wildman–Crippen MR) is 88.8 cm³/mol. The van der Waals surface area contributed by atoms with E-state index in [1.807, 2.05) is 6.92 Å². The average molecular weight is 374 g/mol. The van der Waals surface area contributed by atoms with Crippen molar-refractivity contribution in [3.8, 4) is 5.75 Å². The van der Waals surface area contributed by atoms with Gasteiger partial charge in [-0.05, 0) is 38.8 Å². The summed E-state index contributed by atoms with van der Waals surface area (Å²) in [7, 11) is -3.82. The first-order valence-electron chi connectivity index (χ1n) is 8.02. The lowest BCUT2D eigenvalue weighted by Crippen LogP contribution is -2.41. The van der Waals surface area contributed by atoms with Crippen molar-refractivity contribution < 1.29 is 22.7 Å². The van der Waals surface area contributed by atoms with Crippen LogP contribution in [0.1, 0.15) is 32.3 Å². The smallest absolute Gasteiger partial charge is 0.324 e. The number of fused-ring (bicyclic) bond motifs is 1. The van der Waals surface area contributed by atoms with Crippen LogP contribution in [-0.2, 0) is 26.0 Å². The Kier molecular flexibility index (Phi) is 4.77. The number of carbonyl (C=O) groups excluding carboxylic acids is 1. The quantitative estimate of drug-likeness (QED) is 0.757. The third-order valence-corrected chi connectivity index (χ3v) is 6.46. The standard InChI is InChI=1S/C16H20ClNO5S/c1-3-22-16(19)14-5-4-6-18(14)24(20,21)12-8-11-7-10(2)23-15(11)13(17)9-12/h8-10,14H,3-7H2,1-2H3/t10-,14+/m1/s1. The van der Waals surface area contributed by atoms with Crippen molar-refractivity contribution in [2.75, 3.05) is 13.2 Å². The molecule has 24 heavy (non-hydrogen) atoms. The molecule has 1 aromatic carbocycles. The van der Waals surface area contributed by atoms with Crippen LogP contribution in [0.15, 0.2) is 17.0 Å². The van der Waals surface area contributed by atoms with E-state index in [4.69, 9.17) is 21.1 Å². The van der Waals surface area contributed by atoms with E-state index in [0.717, 1.165) is 5.56 Å². The highest BCUT2D eigenvalue weighted by Gasteiger charge is 2.41. The zero-order valence-electron chi connectivity index (χ0n) is 13.6. The van der Waals surface area contributed by atoms with Crippen LogP contribution in [0.4, 0.5) is 0 Å². The minimum Gasteiger partial charge on any atom is -0.489 e. The molecule has 0 spiro atoms. The number of carbonyl (C=O) groups is 1. The van der Waals surface area contributed by atoms with Gasteiger partial charge in [0.25, 0.3) is 0 Å². The van der Waals surface area contributed by atoms with Crippen molar-refractivity contribution in [2.45, 2.75) is 50.2 Å². The monoisotopic (exact) mass is 373 g/mol. The maximum absolute atomic E-state index is 13.0. The first kappa shape index (κ1) is 17.5. The Labute approximate surface area is 146 Å². The fourth-order valence-corrected chi connectivity index (χ4v) is 5.32. The Balaban J connectivity index is 1.95. The Morgan fingerprint density at radius 2 is 2.21 bits per heavy atom. The van der Waals surface area contributed by atoms with Gasteiger partial charge in [-0.25, -0.2) is 8.42 Å². The molecule has 1 fully saturated rings. The van der Waals surface area contributed by atoms with Crippen LogP contribution in [-0.4, -0.2) is 44.0 Å². The van der Waals surface area contributed by atoms with Crippen molar-refractivity contribution >= 4 is 27.6 Å². The van der Waals surface area contributed by atoms with E-state index in [9.17, 15) is 13.2 Å². The largest absolute Gasteiger partial charge is 0.489 e. The van der Waals surface area contributed by atoms with Crippen LogP contribution < -0.4 is 4.74 Å². The molecule has 3 rings (SSSR count). The van der Waals surface area contributed by atoms with Crippen LogP contribution in [0.5, 0.6) is 5.75 Å². The third kappa shape index (κ3) is 3.00. The summed E-state index contributed by atoms with van der Waals surface area (Å²) in [6, 6.07) is 2.23. The summed E-state index contributed by atoms with van der Waals surface area (Å²) in [6.45, 7) is 4.13. The summed E-state index contributed by atoms with van der Waals surface area (Å²) < 4.78 is 37.9. The lowest BCUT2D eigenvalue weighted by Gasteiger charge is -2.23. The van der Waals surface area contributed by atoms with Crippen molar-refractivity contribution in [1.82, 2.24) is 4.31 Å². The topological polar surface area (TPSA) is 72.9 Å². The summed E-state index contributed by atoms with van der Waals surface area (Å²) in [5.74, 6) is 0.0502. The Morgan fingerprint density at radius 1 is 1.46 bits per heavy atom. The number of rotatable bonds is 4. The lowest BCUT2D eigenvalue weighted by atomic mass is 10.1. The van der Waals surface area contributed by atoms with Gasteiger partial charge >= 0.3 is 5.97 Å². The molecule has 8 heteroatoms. The maximum Gasteiger partial charge on any atom is 0.324 e. The van der Waals surface area contributed by atoms with Gasteiger partial charge in [-0.2, -0.15) is 4.31 Å². The number of hydrogen-bond acceptors (Lipinski definition) is 5. The highest BCUT2D eigenvalue weighted by Crippen LogP contribution is 2.39. The van der Waals surface area contributed by atoms with E-state index in [1.54, 1.807) is 13.0 Å². The molecule has 0 aliphatic carbocycles. The first-order valence-corrected chi connectivity index (χ1v) is 9.84. The highest BCUT2D eigenvalue weighted by molar-refractivity contribution is 7.89. The number of esters is 1. The normalized spacial score (nSPS) is 23.8. The summed E-state index contributed by atoms with van der Waals surface area (Å²) >= 11 is 6.20. The third-order valence-electron chi connectivity index (χ3n) is 4.29. The molecule has 0 amide bonds. The molecule has 0 saturated carbocycles. The van der Waals surface area contributed by atoms with E-state index >= 15 is 0 Å². The SMILES string of the molecule is CCOC(=O)[C@@H]1CCCN1S(=O)(=O)c1cc(Cl)c2c(c1)C[C@@H](C)O2. The molecule has 0 bridgehead atoms. The molecular formula is C16H20ClNO5S. The Morgan fingerprint density at radius 3 is 2.92 bits per heavy atom. The number of nitrogens with zero attached hydrogens (tertiary/aromatic N) is 1. The molecule has 0 unspecified atom stereocenters. The Hall–Kier alpha value is -1.31. The molecule has 1 aromatic rings. The molecule has 1 saturated heterocycles. The molecule has 132 valence electrons. The lowest BCUT2D eigenvalue weighted by molar-refractivity contribution is -0.146. The molecule has 2 atom stereocenters. The second-order valence-corrected chi connectivity index (χ2v) is 8.35. The van der Waals surface area contributed by atoms with Crippen LogP contribution in [0.25, 0.3) is 0 Å². The highest BCUT2D eigenvalue weighted by atomic mass is 35.5. The van der Waals surface area contributed by atoms with E-state index in [-0.39, 0.29) is 22.6 Å². The second kappa shape index (κ2) is 6.54. The minimum atomic E-state index is -3.82. The van der Waals surface area contributed by atoms with Crippen molar-refractivity contribution in [3.05, 3.63) is 22.7 Å². The van der Waals surface area contributed by atoms with E-state index < -0.39 is 22.0 Å². The van der Waals surface area contributed by atoms with Crippen LogP contribution >= 0.6 is 11.6 Å². The van der Waals surface area contributed by atoms with Crippen molar-refractivity contribution in [3.63, 3.8) is 0 Å². The molecule has 2 heterocycles. The fraction of sp³-hybridized carbons (Fsp3) is 0.562. The average Bonchev–Trinajstić information content (AvgIpc) is 3.13. The molecule has 6 nitrogen and oxygen atoms in total. The van der Waals surface area contributed by atoms with Gasteiger partial charge in [0.1, 0.15) is 17.9 Å². The van der Waals surface area contributed by atoms with Gasteiger partial charge in [0.05, 0.1) is 16.5 Å². The Bertz CT molecular complexity index is 764. The van der Waals surface area contributed by atoms with Gasteiger partial charge < -0.3 is 9.47 Å². The molecule has 2 aliphatic rings. The van der Waals surface area contributed by atoms with Gasteiger partial charge in [0.15, 0.2) is 0 Å². The molecule has 0 N–H and O–H groups in total. The summed E-state index contributed by atoms with van der Waals surface area (Å²) in [6.07, 6.45) is 1.67. The van der Waals surface area contributed by atoms with Gasteiger partial charge in [0.2, 0.25) is 10.0 Å². The van der Waals surface area contributed by atoms with Gasteiger partial charge in [0, 0.05) is 18.5 Å². The number of hydrogen-bond donors (Lipinski definition) is 0. The molecule has 0 radical (unpaired) electrons.